The first-order valence-electron chi connectivity index (χ1n) is 9.61. The Balaban J connectivity index is 0.000000227. The number of hydrogen-bond acceptors (Lipinski definition) is 6. The monoisotopic (exact) mass is 450 g/mol. The molecule has 0 aliphatic rings. The van der Waals surface area contributed by atoms with Crippen LogP contribution in [0, 0.1) is 27.7 Å². The number of carboxylic acids is 2. The smallest absolute Gasteiger partial charge is 0.337 e. The van der Waals surface area contributed by atoms with Crippen LogP contribution < -0.4 is 0 Å². The van der Waals surface area contributed by atoms with Gasteiger partial charge in [0.05, 0.1) is 22.5 Å². The summed E-state index contributed by atoms with van der Waals surface area (Å²) in [7, 11) is 0. The maximum absolute atomic E-state index is 11.1. The number of aryl methyl sites for hydroxylation is 4. The summed E-state index contributed by atoms with van der Waals surface area (Å²) >= 11 is 0. The molecule has 10 heteroatoms. The molecule has 172 valence electrons. The van der Waals surface area contributed by atoms with Crippen molar-refractivity contribution in [2.45, 2.75) is 35.1 Å². The first kappa shape index (κ1) is 24.9. The van der Waals surface area contributed by atoms with Crippen molar-refractivity contribution < 1.29 is 19.8 Å². The van der Waals surface area contributed by atoms with Crippen LogP contribution in [-0.4, -0.2) is 51.7 Å². The van der Waals surface area contributed by atoms with E-state index in [4.69, 9.17) is 10.2 Å². The van der Waals surface area contributed by atoms with Gasteiger partial charge in [0.15, 0.2) is 0 Å². The molecule has 0 amide bonds. The van der Waals surface area contributed by atoms with Gasteiger partial charge in [0, 0.05) is 0 Å². The van der Waals surface area contributed by atoms with Crippen LogP contribution >= 0.6 is 0 Å². The fourth-order valence-electron chi connectivity index (χ4n) is 3.02. The van der Waals surface area contributed by atoms with E-state index in [1.165, 1.54) is 22.0 Å². The third-order valence-corrected chi connectivity index (χ3v) is 4.56. The van der Waals surface area contributed by atoms with Crippen LogP contribution in [0.2, 0.25) is 0 Å². The highest BCUT2D eigenvalue weighted by Gasteiger charge is 2.14. The van der Waals surface area contributed by atoms with Gasteiger partial charge >= 0.3 is 11.9 Å². The number of carboxylic acid groups (broad SMARTS) is 2. The quantitative estimate of drug-likeness (QED) is 0.479. The van der Waals surface area contributed by atoms with E-state index in [1.807, 2.05) is 26.0 Å². The largest absolute Gasteiger partial charge is 0.478 e. The molecule has 4 rings (SSSR count). The Morgan fingerprint density at radius 1 is 0.818 bits per heavy atom. The number of hydrogen-bond donors (Lipinski definition) is 2. The third kappa shape index (κ3) is 5.67. The van der Waals surface area contributed by atoms with Gasteiger partial charge in [0.1, 0.15) is 24.3 Å². The van der Waals surface area contributed by atoms with Crippen molar-refractivity contribution in [3.05, 3.63) is 83.0 Å². The number of nitrogens with zero attached hydrogens (tertiary/aromatic N) is 6. The molecule has 0 fully saturated rings. The summed E-state index contributed by atoms with van der Waals surface area (Å²) in [5, 5.41) is 26.3. The van der Waals surface area contributed by atoms with Crippen LogP contribution in [0.3, 0.4) is 0 Å². The van der Waals surface area contributed by atoms with Crippen LogP contribution in [-0.2, 0) is 0 Å². The Morgan fingerprint density at radius 2 is 1.36 bits per heavy atom. The fourth-order valence-corrected chi connectivity index (χ4v) is 3.02. The lowest BCUT2D eigenvalue weighted by Crippen LogP contribution is -2.08. The van der Waals surface area contributed by atoms with Gasteiger partial charge in [0.2, 0.25) is 0 Å². The summed E-state index contributed by atoms with van der Waals surface area (Å²) in [5.74, 6) is -0.663. The Morgan fingerprint density at radius 3 is 1.82 bits per heavy atom. The van der Waals surface area contributed by atoms with Gasteiger partial charge in [-0.3, -0.25) is 0 Å². The van der Waals surface area contributed by atoms with E-state index in [9.17, 15) is 9.59 Å². The lowest BCUT2D eigenvalue weighted by Gasteiger charge is -2.07. The molecule has 33 heavy (non-hydrogen) atoms. The number of aromatic nitrogens is 6. The van der Waals surface area contributed by atoms with E-state index in [2.05, 4.69) is 20.2 Å². The van der Waals surface area contributed by atoms with Crippen LogP contribution in [0.4, 0.5) is 0 Å². The van der Waals surface area contributed by atoms with E-state index >= 15 is 0 Å². The molecule has 0 unspecified atom stereocenters. The molecular weight excluding hydrogens is 424 g/mol. The van der Waals surface area contributed by atoms with Crippen molar-refractivity contribution in [1.29, 1.82) is 0 Å². The molecule has 10 nitrogen and oxygen atoms in total. The van der Waals surface area contributed by atoms with Crippen molar-refractivity contribution in [2.24, 2.45) is 0 Å². The summed E-state index contributed by atoms with van der Waals surface area (Å²) in [6.07, 6.45) is 2.91. The molecule has 2 aromatic carbocycles. The molecule has 0 saturated heterocycles. The van der Waals surface area contributed by atoms with Crippen molar-refractivity contribution in [3.63, 3.8) is 0 Å². The normalized spacial score (nSPS) is 10.1. The first-order chi connectivity index (χ1) is 15.2. The van der Waals surface area contributed by atoms with Gasteiger partial charge in [0.25, 0.3) is 0 Å². The molecule has 2 aromatic heterocycles. The molecule has 0 aliphatic carbocycles. The van der Waals surface area contributed by atoms with Crippen LogP contribution in [0.5, 0.6) is 0 Å². The van der Waals surface area contributed by atoms with E-state index in [0.717, 1.165) is 11.1 Å². The minimum absolute atomic E-state index is 0. The van der Waals surface area contributed by atoms with Crippen LogP contribution in [0.25, 0.3) is 11.4 Å². The van der Waals surface area contributed by atoms with Crippen molar-refractivity contribution in [1.82, 2.24) is 29.5 Å². The van der Waals surface area contributed by atoms with Gasteiger partial charge in [-0.2, -0.15) is 10.2 Å². The second-order valence-corrected chi connectivity index (χ2v) is 7.11. The second-order valence-electron chi connectivity index (χ2n) is 7.11. The molecule has 0 bridgehead atoms. The van der Waals surface area contributed by atoms with Gasteiger partial charge in [-0.25, -0.2) is 28.9 Å². The standard InChI is InChI=1S/2C11H11N3O2.CH4/c1-7-3-4-10(9(5-7)11(15)16)14-6-12-8(2)13-14;1-7-3-4-10(9(5-7)11(15)16)14-8(2)12-6-13-14;/h2*3-6H,1-2H3,(H,15,16);1H4. The molecule has 2 heterocycles. The fraction of sp³-hybridized carbons (Fsp3) is 0.217. The molecule has 0 atom stereocenters. The second kappa shape index (κ2) is 10.3. The summed E-state index contributed by atoms with van der Waals surface area (Å²) < 4.78 is 2.99. The first-order valence-corrected chi connectivity index (χ1v) is 9.61. The van der Waals surface area contributed by atoms with Gasteiger partial charge in [-0.1, -0.05) is 30.7 Å². The van der Waals surface area contributed by atoms with Crippen molar-refractivity contribution >= 4 is 11.9 Å². The maximum atomic E-state index is 11.1. The van der Waals surface area contributed by atoms with Crippen molar-refractivity contribution in [2.75, 3.05) is 0 Å². The van der Waals surface area contributed by atoms with E-state index in [-0.39, 0.29) is 18.6 Å². The predicted molar refractivity (Wildman–Crippen MR) is 122 cm³/mol. The van der Waals surface area contributed by atoms with Crippen molar-refractivity contribution in [3.8, 4) is 11.4 Å². The summed E-state index contributed by atoms with van der Waals surface area (Å²) in [6.45, 7) is 7.23. The number of aromatic carboxylic acids is 2. The summed E-state index contributed by atoms with van der Waals surface area (Å²) in [6, 6.07) is 10.4. The van der Waals surface area contributed by atoms with Gasteiger partial charge < -0.3 is 10.2 Å². The zero-order valence-electron chi connectivity index (χ0n) is 18.0. The number of rotatable bonds is 4. The van der Waals surface area contributed by atoms with E-state index in [0.29, 0.717) is 23.0 Å². The highest BCUT2D eigenvalue weighted by molar-refractivity contribution is 5.92. The Bertz CT molecular complexity index is 1290. The maximum Gasteiger partial charge on any atom is 0.337 e. The lowest BCUT2D eigenvalue weighted by molar-refractivity contribution is 0.0685. The minimum Gasteiger partial charge on any atom is -0.478 e. The molecule has 0 aliphatic heterocycles. The Labute approximate surface area is 191 Å². The molecule has 2 N–H and O–H groups in total. The minimum atomic E-state index is -0.966. The molecule has 0 radical (unpaired) electrons. The average Bonchev–Trinajstić information content (AvgIpc) is 3.36. The Hall–Kier alpha value is -4.34. The highest BCUT2D eigenvalue weighted by atomic mass is 16.4. The molecule has 4 aromatic rings. The molecule has 0 spiro atoms. The van der Waals surface area contributed by atoms with E-state index in [1.54, 1.807) is 38.1 Å². The number of carbonyl (C=O) groups is 2. The topological polar surface area (TPSA) is 136 Å². The van der Waals surface area contributed by atoms with Gasteiger partial charge in [-0.15, -0.1) is 0 Å². The van der Waals surface area contributed by atoms with Crippen LogP contribution in [0.1, 0.15) is 50.9 Å². The summed E-state index contributed by atoms with van der Waals surface area (Å²) in [5.41, 5.74) is 3.32. The van der Waals surface area contributed by atoms with Crippen LogP contribution in [0.15, 0.2) is 49.1 Å². The lowest BCUT2D eigenvalue weighted by atomic mass is 10.1. The highest BCUT2D eigenvalue weighted by Crippen LogP contribution is 2.17. The van der Waals surface area contributed by atoms with Gasteiger partial charge in [-0.05, 0) is 52.0 Å². The third-order valence-electron chi connectivity index (χ3n) is 4.56. The number of benzene rings is 2. The zero-order valence-corrected chi connectivity index (χ0v) is 18.0. The Kier molecular flexibility index (Phi) is 7.79. The SMILES string of the molecule is C.Cc1ccc(-n2cnc(C)n2)c(C(=O)O)c1.Cc1ccc(-n2ncnc2C)c(C(=O)O)c1. The molecular formula is C23H26N6O4. The molecule has 0 saturated carbocycles. The predicted octanol–water partition coefficient (Wildman–Crippen LogP) is 3.80. The average molecular weight is 450 g/mol. The van der Waals surface area contributed by atoms with E-state index < -0.39 is 11.9 Å². The summed E-state index contributed by atoms with van der Waals surface area (Å²) in [4.78, 5) is 30.2. The zero-order chi connectivity index (χ0) is 23.4.